The van der Waals surface area contributed by atoms with Crippen LogP contribution in [-0.2, 0) is 14.1 Å². The lowest BCUT2D eigenvalue weighted by molar-refractivity contribution is -0.384. The summed E-state index contributed by atoms with van der Waals surface area (Å²) < 4.78 is 4.60. The highest BCUT2D eigenvalue weighted by Crippen LogP contribution is 2.45. The molecule has 0 saturated carbocycles. The van der Waals surface area contributed by atoms with Crippen LogP contribution in [0.5, 0.6) is 0 Å². The molecule has 0 fully saturated rings. The number of hydrogen-bond donors (Lipinski definition) is 1. The van der Waals surface area contributed by atoms with Crippen LogP contribution in [0.25, 0.3) is 27.8 Å². The Morgan fingerprint density at radius 3 is 2.36 bits per heavy atom. The Bertz CT molecular complexity index is 1810. The van der Waals surface area contributed by atoms with E-state index in [1.54, 1.807) is 13.1 Å². The molecule has 5 aromatic rings. The molecule has 6 rings (SSSR count). The molecular formula is C27H21N5O4. The number of nitrogens with one attached hydrogen (secondary N) is 1. The number of nitro groups is 1. The third-order valence-electron chi connectivity index (χ3n) is 6.79. The third kappa shape index (κ3) is 2.96. The zero-order valence-electron chi connectivity index (χ0n) is 19.5. The summed E-state index contributed by atoms with van der Waals surface area (Å²) in [6.45, 7) is 0. The molecule has 0 unspecified atom stereocenters. The Hall–Kier alpha value is -4.92. The van der Waals surface area contributed by atoms with E-state index in [2.05, 4.69) is 5.32 Å². The highest BCUT2D eigenvalue weighted by molar-refractivity contribution is 5.99. The first-order valence-corrected chi connectivity index (χ1v) is 11.4. The lowest BCUT2D eigenvalue weighted by Gasteiger charge is -2.31. The van der Waals surface area contributed by atoms with E-state index in [1.165, 1.54) is 23.7 Å². The molecule has 0 saturated heterocycles. The van der Waals surface area contributed by atoms with E-state index < -0.39 is 22.2 Å². The van der Waals surface area contributed by atoms with Crippen molar-refractivity contribution in [3.8, 4) is 16.9 Å². The van der Waals surface area contributed by atoms with Crippen molar-refractivity contribution in [2.24, 2.45) is 14.1 Å². The fourth-order valence-corrected chi connectivity index (χ4v) is 5.15. The summed E-state index contributed by atoms with van der Waals surface area (Å²) in [6, 6.07) is 23.1. The van der Waals surface area contributed by atoms with E-state index in [4.69, 9.17) is 0 Å². The molecule has 0 spiro atoms. The fourth-order valence-electron chi connectivity index (χ4n) is 5.15. The van der Waals surface area contributed by atoms with E-state index in [0.29, 0.717) is 27.9 Å². The normalized spacial score (nSPS) is 14.2. The Balaban J connectivity index is 1.84. The Labute approximate surface area is 204 Å². The van der Waals surface area contributed by atoms with Gasteiger partial charge in [0, 0.05) is 26.2 Å². The van der Waals surface area contributed by atoms with Crippen LogP contribution in [0.3, 0.4) is 0 Å². The van der Waals surface area contributed by atoms with Crippen molar-refractivity contribution in [3.05, 3.63) is 121 Å². The van der Waals surface area contributed by atoms with E-state index in [0.717, 1.165) is 21.5 Å². The number of hydrogen-bond acceptors (Lipinski definition) is 5. The molecule has 2 aromatic heterocycles. The lowest BCUT2D eigenvalue weighted by atomic mass is 9.99. The number of nitro benzene ring substituents is 1. The fraction of sp³-hybridized carbons (Fsp3) is 0.111. The Kier molecular flexibility index (Phi) is 4.68. The molecule has 1 aliphatic heterocycles. The summed E-state index contributed by atoms with van der Waals surface area (Å²) in [7, 11) is 3.12. The van der Waals surface area contributed by atoms with Gasteiger partial charge in [-0.15, -0.1) is 0 Å². The van der Waals surface area contributed by atoms with Gasteiger partial charge in [0.15, 0.2) is 0 Å². The predicted octanol–water partition coefficient (Wildman–Crippen LogP) is 4.12. The van der Waals surface area contributed by atoms with Gasteiger partial charge in [0.2, 0.25) is 0 Å². The number of benzene rings is 3. The minimum absolute atomic E-state index is 0.0383. The second-order valence-electron chi connectivity index (χ2n) is 8.81. The number of non-ortho nitro benzene ring substituents is 1. The van der Waals surface area contributed by atoms with Gasteiger partial charge in [-0.05, 0) is 23.3 Å². The number of fused-ring (bicyclic) bond motifs is 5. The number of aryl methyl sites for hydroxylation is 1. The SMILES string of the molecule is Cn1c(=O)c2c(-c3ccccc3)n3c(c2n(C)c1=O)[C@@H](c1cccc([N+](=O)[O-])c1)Nc1ccccc1-3. The zero-order chi connectivity index (χ0) is 25.1. The summed E-state index contributed by atoms with van der Waals surface area (Å²) in [4.78, 5) is 37.8. The standard InChI is InChI=1S/C27H21N5O4/c1-29-24-21(26(33)30(2)27(29)34)23(16-9-4-3-5-10-16)31-20-14-7-6-13-19(20)28-22(25(24)31)17-11-8-12-18(15-17)32(35)36/h3-15,22,28H,1-2H3/t22-/m1/s1. The van der Waals surface area contributed by atoms with E-state index in [-0.39, 0.29) is 5.69 Å². The zero-order valence-corrected chi connectivity index (χ0v) is 19.5. The summed E-state index contributed by atoms with van der Waals surface area (Å²) in [6.07, 6.45) is 0. The minimum atomic E-state index is -0.558. The van der Waals surface area contributed by atoms with Crippen LogP contribution in [-0.4, -0.2) is 18.6 Å². The smallest absolute Gasteiger partial charge is 0.331 e. The van der Waals surface area contributed by atoms with Gasteiger partial charge < -0.3 is 9.88 Å². The molecule has 9 heteroatoms. The first kappa shape index (κ1) is 21.6. The van der Waals surface area contributed by atoms with Crippen LogP contribution in [0.4, 0.5) is 11.4 Å². The third-order valence-corrected chi connectivity index (χ3v) is 6.79. The second kappa shape index (κ2) is 7.81. The molecule has 0 aliphatic carbocycles. The predicted molar refractivity (Wildman–Crippen MR) is 138 cm³/mol. The van der Waals surface area contributed by atoms with Crippen LogP contribution in [0.15, 0.2) is 88.5 Å². The van der Waals surface area contributed by atoms with Crippen molar-refractivity contribution in [1.29, 1.82) is 0 Å². The molecule has 1 N–H and O–H groups in total. The van der Waals surface area contributed by atoms with E-state index in [9.17, 15) is 19.7 Å². The molecular weight excluding hydrogens is 458 g/mol. The van der Waals surface area contributed by atoms with Crippen molar-refractivity contribution in [1.82, 2.24) is 13.7 Å². The molecule has 36 heavy (non-hydrogen) atoms. The topological polar surface area (TPSA) is 104 Å². The van der Waals surface area contributed by atoms with Crippen LogP contribution < -0.4 is 16.6 Å². The van der Waals surface area contributed by atoms with E-state index in [1.807, 2.05) is 65.2 Å². The molecule has 0 radical (unpaired) electrons. The maximum Gasteiger partial charge on any atom is 0.331 e. The number of rotatable bonds is 3. The summed E-state index contributed by atoms with van der Waals surface area (Å²) >= 11 is 0. The number of anilines is 1. The minimum Gasteiger partial charge on any atom is -0.371 e. The molecule has 9 nitrogen and oxygen atoms in total. The number of aromatic nitrogens is 3. The van der Waals surface area contributed by atoms with Crippen molar-refractivity contribution in [2.75, 3.05) is 5.32 Å². The van der Waals surface area contributed by atoms with Crippen molar-refractivity contribution >= 4 is 22.3 Å². The molecule has 3 aromatic carbocycles. The molecule has 0 bridgehead atoms. The van der Waals surface area contributed by atoms with Crippen molar-refractivity contribution in [3.63, 3.8) is 0 Å². The van der Waals surface area contributed by atoms with Gasteiger partial charge in [0.25, 0.3) is 11.2 Å². The Morgan fingerprint density at radius 2 is 1.61 bits per heavy atom. The van der Waals surface area contributed by atoms with Gasteiger partial charge in [-0.25, -0.2) is 4.79 Å². The number of para-hydroxylation sites is 2. The van der Waals surface area contributed by atoms with Crippen molar-refractivity contribution < 1.29 is 4.92 Å². The average molecular weight is 479 g/mol. The maximum atomic E-state index is 13.6. The van der Waals surface area contributed by atoms with Crippen LogP contribution in [0.1, 0.15) is 17.3 Å². The monoisotopic (exact) mass is 479 g/mol. The molecule has 3 heterocycles. The summed E-state index contributed by atoms with van der Waals surface area (Å²) in [5.74, 6) is 0. The van der Waals surface area contributed by atoms with Gasteiger partial charge in [0.1, 0.15) is 0 Å². The van der Waals surface area contributed by atoms with Crippen molar-refractivity contribution in [2.45, 2.75) is 6.04 Å². The first-order chi connectivity index (χ1) is 17.4. The highest BCUT2D eigenvalue weighted by atomic mass is 16.6. The average Bonchev–Trinajstić information content (AvgIpc) is 3.27. The van der Waals surface area contributed by atoms with Gasteiger partial charge in [-0.2, -0.15) is 0 Å². The lowest BCUT2D eigenvalue weighted by Crippen LogP contribution is -2.37. The maximum absolute atomic E-state index is 13.6. The largest absolute Gasteiger partial charge is 0.371 e. The van der Waals surface area contributed by atoms with Crippen LogP contribution in [0, 0.1) is 10.1 Å². The van der Waals surface area contributed by atoms with Gasteiger partial charge in [0.05, 0.1) is 44.6 Å². The molecule has 0 amide bonds. The molecule has 178 valence electrons. The summed E-state index contributed by atoms with van der Waals surface area (Å²) in [5.41, 5.74) is 4.03. The summed E-state index contributed by atoms with van der Waals surface area (Å²) in [5, 5.41) is 15.5. The van der Waals surface area contributed by atoms with Gasteiger partial charge in [-0.3, -0.25) is 24.0 Å². The first-order valence-electron chi connectivity index (χ1n) is 11.4. The van der Waals surface area contributed by atoms with Gasteiger partial charge >= 0.3 is 5.69 Å². The molecule has 1 atom stereocenters. The Morgan fingerprint density at radius 1 is 0.889 bits per heavy atom. The second-order valence-corrected chi connectivity index (χ2v) is 8.81. The van der Waals surface area contributed by atoms with E-state index >= 15 is 0 Å². The van der Waals surface area contributed by atoms with Crippen LogP contribution >= 0.6 is 0 Å². The quantitative estimate of drug-likeness (QED) is 0.310. The molecule has 1 aliphatic rings. The number of nitrogens with zero attached hydrogens (tertiary/aromatic N) is 4. The van der Waals surface area contributed by atoms with Gasteiger partial charge in [-0.1, -0.05) is 54.6 Å². The highest BCUT2D eigenvalue weighted by Gasteiger charge is 2.35. The van der Waals surface area contributed by atoms with Crippen LogP contribution in [0.2, 0.25) is 0 Å².